The molecule has 27 heavy (non-hydrogen) atoms. The molecule has 0 spiro atoms. The van der Waals surface area contributed by atoms with Crippen LogP contribution in [0, 0.1) is 11.3 Å². The van der Waals surface area contributed by atoms with Gasteiger partial charge in [0.05, 0.1) is 6.07 Å². The van der Waals surface area contributed by atoms with E-state index in [-0.39, 0.29) is 10.7 Å². The molecular formula is C22H24N4S. The fraction of sp³-hybridized carbons (Fsp3) is 0.318. The summed E-state index contributed by atoms with van der Waals surface area (Å²) in [5.74, 6) is 0.814. The zero-order chi connectivity index (χ0) is 19.4. The Labute approximate surface area is 165 Å². The van der Waals surface area contributed by atoms with Crippen LogP contribution in [0.2, 0.25) is 0 Å². The van der Waals surface area contributed by atoms with Crippen molar-refractivity contribution in [3.05, 3.63) is 65.7 Å². The molecule has 0 saturated heterocycles. The highest BCUT2D eigenvalue weighted by molar-refractivity contribution is 8.00. The summed E-state index contributed by atoms with van der Waals surface area (Å²) in [6, 6.07) is 20.9. The maximum Gasteiger partial charge on any atom is 0.192 e. The smallest absolute Gasteiger partial charge is 0.192 e. The van der Waals surface area contributed by atoms with E-state index >= 15 is 0 Å². The van der Waals surface area contributed by atoms with Crippen molar-refractivity contribution in [1.29, 1.82) is 5.26 Å². The number of thioether (sulfide) groups is 1. The zero-order valence-electron chi connectivity index (χ0n) is 16.2. The van der Waals surface area contributed by atoms with Crippen LogP contribution in [0.1, 0.15) is 31.9 Å². The lowest BCUT2D eigenvalue weighted by Crippen LogP contribution is -2.10. The van der Waals surface area contributed by atoms with Crippen molar-refractivity contribution in [2.24, 2.45) is 7.05 Å². The minimum absolute atomic E-state index is 0.122. The molecule has 2 aromatic carbocycles. The molecule has 0 fully saturated rings. The quantitative estimate of drug-likeness (QED) is 0.588. The number of aromatic nitrogens is 3. The highest BCUT2D eigenvalue weighted by atomic mass is 32.2. The Bertz CT molecular complexity index is 931. The molecule has 5 heteroatoms. The second-order valence-electron chi connectivity index (χ2n) is 7.62. The Balaban J connectivity index is 1.77. The molecule has 0 radical (unpaired) electrons. The van der Waals surface area contributed by atoms with Crippen LogP contribution in [0.3, 0.4) is 0 Å². The molecule has 0 saturated carbocycles. The molecule has 1 heterocycles. The Morgan fingerprint density at radius 3 is 2.30 bits per heavy atom. The SMILES string of the molecule is Cn1c(S[C@@H](C#N)Cc2ccccc2)nnc1-c1ccc(C(C)(C)C)cc1. The van der Waals surface area contributed by atoms with Crippen molar-refractivity contribution in [2.45, 2.75) is 43.0 Å². The molecule has 0 aliphatic heterocycles. The number of nitrogens with zero attached hydrogens (tertiary/aromatic N) is 4. The third-order valence-corrected chi connectivity index (χ3v) is 5.62. The first kappa shape index (κ1) is 19.2. The minimum Gasteiger partial charge on any atom is -0.305 e. The maximum absolute atomic E-state index is 9.54. The molecule has 138 valence electrons. The Hall–Kier alpha value is -2.58. The normalized spacial score (nSPS) is 12.6. The fourth-order valence-corrected chi connectivity index (χ4v) is 3.77. The molecule has 3 rings (SSSR count). The van der Waals surface area contributed by atoms with Gasteiger partial charge in [-0.25, -0.2) is 0 Å². The topological polar surface area (TPSA) is 54.5 Å². The first-order valence-corrected chi connectivity index (χ1v) is 9.87. The summed E-state index contributed by atoms with van der Waals surface area (Å²) in [5, 5.41) is 18.8. The van der Waals surface area contributed by atoms with Crippen LogP contribution < -0.4 is 0 Å². The predicted molar refractivity (Wildman–Crippen MR) is 111 cm³/mol. The van der Waals surface area contributed by atoms with E-state index in [4.69, 9.17) is 0 Å². The second kappa shape index (κ2) is 7.98. The molecule has 1 atom stereocenters. The first-order chi connectivity index (χ1) is 12.9. The van der Waals surface area contributed by atoms with Gasteiger partial charge in [-0.05, 0) is 23.0 Å². The standard InChI is InChI=1S/C22H24N4S/c1-22(2,3)18-12-10-17(11-13-18)20-24-25-21(26(20)4)27-19(15-23)14-16-8-6-5-7-9-16/h5-13,19H,14H2,1-4H3/t19-/m1/s1. The number of hydrogen-bond donors (Lipinski definition) is 0. The van der Waals surface area contributed by atoms with Gasteiger partial charge in [0.15, 0.2) is 11.0 Å². The number of hydrogen-bond acceptors (Lipinski definition) is 4. The van der Waals surface area contributed by atoms with E-state index < -0.39 is 0 Å². The van der Waals surface area contributed by atoms with E-state index in [1.807, 2.05) is 41.9 Å². The van der Waals surface area contributed by atoms with Crippen molar-refractivity contribution >= 4 is 11.8 Å². The summed E-state index contributed by atoms with van der Waals surface area (Å²) in [6.07, 6.45) is 0.685. The van der Waals surface area contributed by atoms with Gasteiger partial charge in [0.25, 0.3) is 0 Å². The summed E-state index contributed by atoms with van der Waals surface area (Å²) in [6.45, 7) is 6.61. The summed E-state index contributed by atoms with van der Waals surface area (Å²) in [4.78, 5) is 0. The van der Waals surface area contributed by atoms with Gasteiger partial charge >= 0.3 is 0 Å². The van der Waals surface area contributed by atoms with Gasteiger partial charge in [-0.2, -0.15) is 5.26 Å². The first-order valence-electron chi connectivity index (χ1n) is 8.99. The summed E-state index contributed by atoms with van der Waals surface area (Å²) in [5.41, 5.74) is 3.59. The third-order valence-electron chi connectivity index (χ3n) is 4.50. The monoisotopic (exact) mass is 376 g/mol. The van der Waals surface area contributed by atoms with Crippen LogP contribution in [-0.2, 0) is 18.9 Å². The van der Waals surface area contributed by atoms with Crippen LogP contribution in [0.4, 0.5) is 0 Å². The third kappa shape index (κ3) is 4.58. The lowest BCUT2D eigenvalue weighted by atomic mass is 9.87. The van der Waals surface area contributed by atoms with Crippen LogP contribution in [0.5, 0.6) is 0 Å². The number of rotatable bonds is 5. The number of nitriles is 1. The van der Waals surface area contributed by atoms with Gasteiger partial charge < -0.3 is 4.57 Å². The van der Waals surface area contributed by atoms with E-state index in [9.17, 15) is 5.26 Å². The van der Waals surface area contributed by atoms with Gasteiger partial charge in [-0.3, -0.25) is 0 Å². The lowest BCUT2D eigenvalue weighted by molar-refractivity contribution is 0.590. The van der Waals surface area contributed by atoms with E-state index in [2.05, 4.69) is 61.3 Å². The van der Waals surface area contributed by atoms with Crippen LogP contribution in [0.25, 0.3) is 11.4 Å². The van der Waals surface area contributed by atoms with Gasteiger partial charge in [0.2, 0.25) is 0 Å². The summed E-state index contributed by atoms with van der Waals surface area (Å²) in [7, 11) is 1.95. The summed E-state index contributed by atoms with van der Waals surface area (Å²) < 4.78 is 1.96. The van der Waals surface area contributed by atoms with E-state index in [1.54, 1.807) is 0 Å². The molecule has 0 aliphatic carbocycles. The van der Waals surface area contributed by atoms with Gasteiger partial charge in [-0.1, -0.05) is 87.1 Å². The molecule has 1 aromatic heterocycles. The Morgan fingerprint density at radius 2 is 1.70 bits per heavy atom. The van der Waals surface area contributed by atoms with Gasteiger partial charge in [0, 0.05) is 12.6 Å². The van der Waals surface area contributed by atoms with Crippen molar-refractivity contribution in [2.75, 3.05) is 0 Å². The van der Waals surface area contributed by atoms with Gasteiger partial charge in [-0.15, -0.1) is 10.2 Å². The van der Waals surface area contributed by atoms with E-state index in [0.29, 0.717) is 6.42 Å². The highest BCUT2D eigenvalue weighted by Gasteiger charge is 2.18. The van der Waals surface area contributed by atoms with Crippen molar-refractivity contribution in [3.8, 4) is 17.5 Å². The Kier molecular flexibility index (Phi) is 5.67. The Morgan fingerprint density at radius 1 is 1.04 bits per heavy atom. The minimum atomic E-state index is -0.202. The molecule has 0 aliphatic rings. The average Bonchev–Trinajstić information content (AvgIpc) is 3.02. The van der Waals surface area contributed by atoms with Crippen molar-refractivity contribution in [3.63, 3.8) is 0 Å². The molecule has 0 unspecified atom stereocenters. The molecule has 3 aromatic rings. The van der Waals surface area contributed by atoms with Crippen LogP contribution in [-0.4, -0.2) is 20.0 Å². The highest BCUT2D eigenvalue weighted by Crippen LogP contribution is 2.29. The molecule has 0 bridgehead atoms. The van der Waals surface area contributed by atoms with E-state index in [1.165, 1.54) is 17.3 Å². The van der Waals surface area contributed by atoms with Crippen LogP contribution in [0.15, 0.2) is 59.8 Å². The van der Waals surface area contributed by atoms with Gasteiger partial charge in [0.1, 0.15) is 5.25 Å². The molecular weight excluding hydrogens is 352 g/mol. The molecule has 4 nitrogen and oxygen atoms in total. The predicted octanol–water partition coefficient (Wildman–Crippen LogP) is 5.01. The van der Waals surface area contributed by atoms with Crippen molar-refractivity contribution < 1.29 is 0 Å². The second-order valence-corrected chi connectivity index (χ2v) is 8.79. The largest absolute Gasteiger partial charge is 0.305 e. The van der Waals surface area contributed by atoms with E-state index in [0.717, 1.165) is 22.1 Å². The zero-order valence-corrected chi connectivity index (χ0v) is 17.0. The lowest BCUT2D eigenvalue weighted by Gasteiger charge is -2.19. The summed E-state index contributed by atoms with van der Waals surface area (Å²) >= 11 is 1.46. The number of benzene rings is 2. The molecule has 0 N–H and O–H groups in total. The average molecular weight is 377 g/mol. The van der Waals surface area contributed by atoms with Crippen LogP contribution >= 0.6 is 11.8 Å². The maximum atomic E-state index is 9.54. The fourth-order valence-electron chi connectivity index (χ4n) is 2.86. The van der Waals surface area contributed by atoms with Crippen molar-refractivity contribution in [1.82, 2.24) is 14.8 Å². The molecule has 0 amide bonds.